The van der Waals surface area contributed by atoms with E-state index in [4.69, 9.17) is 4.74 Å². The smallest absolute Gasteiger partial charge is 0.255 e. The van der Waals surface area contributed by atoms with Gasteiger partial charge in [-0.1, -0.05) is 12.1 Å². The minimum atomic E-state index is -0.268. The van der Waals surface area contributed by atoms with Crippen molar-refractivity contribution in [1.82, 2.24) is 0 Å². The first-order valence-corrected chi connectivity index (χ1v) is 9.31. The van der Waals surface area contributed by atoms with E-state index in [1.54, 1.807) is 31.4 Å². The predicted octanol–water partition coefficient (Wildman–Crippen LogP) is 5.13. The van der Waals surface area contributed by atoms with Crippen molar-refractivity contribution >= 4 is 23.2 Å². The van der Waals surface area contributed by atoms with Gasteiger partial charge in [0.05, 0.1) is 12.8 Å². The summed E-state index contributed by atoms with van der Waals surface area (Å²) < 4.78 is 5.29. The molecule has 0 unspecified atom stereocenters. The van der Waals surface area contributed by atoms with Crippen LogP contribution in [-0.2, 0) is 0 Å². The molecule has 0 atom stereocenters. The first-order valence-electron chi connectivity index (χ1n) is 9.31. The van der Waals surface area contributed by atoms with E-state index in [1.165, 1.54) is 0 Å². The quantitative estimate of drug-likeness (QED) is 0.637. The van der Waals surface area contributed by atoms with Crippen LogP contribution in [0.3, 0.4) is 0 Å². The maximum atomic E-state index is 12.6. The van der Waals surface area contributed by atoms with Gasteiger partial charge in [-0.05, 0) is 86.0 Å². The molecule has 0 saturated carbocycles. The van der Waals surface area contributed by atoms with Crippen molar-refractivity contribution in [1.29, 1.82) is 0 Å². The molecule has 0 fully saturated rings. The molecule has 5 nitrogen and oxygen atoms in total. The molecular formula is C24H24N2O3. The average molecular weight is 388 g/mol. The SMILES string of the molecule is COc1ccc(C)cc1NC(=O)c1ccc(C(=O)Nc2cc(C)cc(C)c2)cc1. The van der Waals surface area contributed by atoms with E-state index in [-0.39, 0.29) is 11.8 Å². The van der Waals surface area contributed by atoms with Crippen molar-refractivity contribution in [2.24, 2.45) is 0 Å². The Morgan fingerprint density at radius 2 is 1.24 bits per heavy atom. The van der Waals surface area contributed by atoms with Crippen LogP contribution in [0.5, 0.6) is 5.75 Å². The lowest BCUT2D eigenvalue weighted by molar-refractivity contribution is 0.101. The number of amides is 2. The Morgan fingerprint density at radius 1 is 0.690 bits per heavy atom. The molecule has 0 aliphatic heterocycles. The zero-order valence-electron chi connectivity index (χ0n) is 17.0. The van der Waals surface area contributed by atoms with Crippen molar-refractivity contribution < 1.29 is 14.3 Å². The van der Waals surface area contributed by atoms with Gasteiger partial charge in [-0.3, -0.25) is 9.59 Å². The van der Waals surface area contributed by atoms with Gasteiger partial charge in [-0.2, -0.15) is 0 Å². The minimum absolute atomic E-state index is 0.220. The van der Waals surface area contributed by atoms with E-state index in [1.807, 2.05) is 57.2 Å². The molecular weight excluding hydrogens is 364 g/mol. The summed E-state index contributed by atoms with van der Waals surface area (Å²) in [6, 6.07) is 18.0. The van der Waals surface area contributed by atoms with Crippen LogP contribution in [0.1, 0.15) is 37.4 Å². The number of aryl methyl sites for hydroxylation is 3. The lowest BCUT2D eigenvalue weighted by Crippen LogP contribution is -2.15. The van der Waals surface area contributed by atoms with Gasteiger partial charge >= 0.3 is 0 Å². The van der Waals surface area contributed by atoms with Crippen molar-refractivity contribution in [3.63, 3.8) is 0 Å². The molecule has 3 aromatic carbocycles. The Balaban J connectivity index is 1.71. The third-order valence-electron chi connectivity index (χ3n) is 4.49. The van der Waals surface area contributed by atoms with Gasteiger partial charge in [0.1, 0.15) is 5.75 Å². The second-order valence-electron chi connectivity index (χ2n) is 7.07. The highest BCUT2D eigenvalue weighted by Gasteiger charge is 2.12. The summed E-state index contributed by atoms with van der Waals surface area (Å²) in [7, 11) is 1.56. The molecule has 0 aromatic heterocycles. The molecule has 2 amide bonds. The van der Waals surface area contributed by atoms with Gasteiger partial charge in [0.15, 0.2) is 0 Å². The Bertz CT molecular complexity index is 1040. The predicted molar refractivity (Wildman–Crippen MR) is 116 cm³/mol. The van der Waals surface area contributed by atoms with Crippen molar-refractivity contribution in [2.45, 2.75) is 20.8 Å². The van der Waals surface area contributed by atoms with Crippen LogP contribution in [0.4, 0.5) is 11.4 Å². The normalized spacial score (nSPS) is 10.3. The van der Waals surface area contributed by atoms with Crippen LogP contribution in [0.15, 0.2) is 60.7 Å². The maximum Gasteiger partial charge on any atom is 0.255 e. The monoisotopic (exact) mass is 388 g/mol. The fourth-order valence-electron chi connectivity index (χ4n) is 3.14. The molecule has 0 aliphatic rings. The number of carbonyl (C=O) groups is 2. The summed E-state index contributed by atoms with van der Waals surface area (Å²) in [6.07, 6.45) is 0. The van der Waals surface area contributed by atoms with Crippen LogP contribution in [0.25, 0.3) is 0 Å². The fourth-order valence-corrected chi connectivity index (χ4v) is 3.14. The summed E-state index contributed by atoms with van der Waals surface area (Å²) >= 11 is 0. The molecule has 29 heavy (non-hydrogen) atoms. The second-order valence-corrected chi connectivity index (χ2v) is 7.07. The molecule has 3 rings (SSSR count). The van der Waals surface area contributed by atoms with Gasteiger partial charge in [0, 0.05) is 16.8 Å². The number of anilines is 2. The molecule has 3 aromatic rings. The topological polar surface area (TPSA) is 67.4 Å². The minimum Gasteiger partial charge on any atom is -0.495 e. The first-order chi connectivity index (χ1) is 13.9. The van der Waals surface area contributed by atoms with E-state index in [0.717, 1.165) is 22.4 Å². The summed E-state index contributed by atoms with van der Waals surface area (Å²) in [6.45, 7) is 5.91. The van der Waals surface area contributed by atoms with Crippen LogP contribution in [-0.4, -0.2) is 18.9 Å². The fraction of sp³-hybridized carbons (Fsp3) is 0.167. The number of ether oxygens (including phenoxy) is 1. The Morgan fingerprint density at radius 3 is 1.79 bits per heavy atom. The van der Waals surface area contributed by atoms with E-state index < -0.39 is 0 Å². The molecule has 0 bridgehead atoms. The first kappa shape index (κ1) is 20.1. The largest absolute Gasteiger partial charge is 0.495 e. The molecule has 0 saturated heterocycles. The number of methoxy groups -OCH3 is 1. The number of hydrogen-bond donors (Lipinski definition) is 2. The molecule has 0 heterocycles. The maximum absolute atomic E-state index is 12.6. The van der Waals surface area contributed by atoms with Crippen LogP contribution in [0, 0.1) is 20.8 Å². The lowest BCUT2D eigenvalue weighted by atomic mass is 10.1. The number of hydrogen-bond acceptors (Lipinski definition) is 3. The molecule has 0 spiro atoms. The van der Waals surface area contributed by atoms with Gasteiger partial charge in [-0.15, -0.1) is 0 Å². The molecule has 2 N–H and O–H groups in total. The standard InChI is InChI=1S/C24H24N2O3/c1-15-5-10-22(29-4)21(14-15)26-24(28)19-8-6-18(7-9-19)23(27)25-20-12-16(2)11-17(3)13-20/h5-14H,1-4H3,(H,25,27)(H,26,28). The lowest BCUT2D eigenvalue weighted by Gasteiger charge is -2.11. The third kappa shape index (κ3) is 5.02. The molecule has 0 radical (unpaired) electrons. The van der Waals surface area contributed by atoms with Crippen LogP contribution in [0.2, 0.25) is 0 Å². The molecule has 148 valence electrons. The van der Waals surface area contributed by atoms with Gasteiger partial charge in [-0.25, -0.2) is 0 Å². The zero-order chi connectivity index (χ0) is 21.0. The number of carbonyl (C=O) groups excluding carboxylic acids is 2. The Labute approximate surface area is 170 Å². The van der Waals surface area contributed by atoms with Crippen molar-refractivity contribution in [3.8, 4) is 5.75 Å². The van der Waals surface area contributed by atoms with Crippen molar-refractivity contribution in [3.05, 3.63) is 88.5 Å². The zero-order valence-corrected chi connectivity index (χ0v) is 17.0. The Hall–Kier alpha value is -3.60. The highest BCUT2D eigenvalue weighted by molar-refractivity contribution is 6.07. The Kier molecular flexibility index (Phi) is 5.98. The highest BCUT2D eigenvalue weighted by atomic mass is 16.5. The third-order valence-corrected chi connectivity index (χ3v) is 4.49. The summed E-state index contributed by atoms with van der Waals surface area (Å²) in [5.41, 5.74) is 5.47. The summed E-state index contributed by atoms with van der Waals surface area (Å²) in [4.78, 5) is 25.1. The highest BCUT2D eigenvalue weighted by Crippen LogP contribution is 2.25. The van der Waals surface area contributed by atoms with E-state index in [9.17, 15) is 9.59 Å². The molecule has 0 aliphatic carbocycles. The summed E-state index contributed by atoms with van der Waals surface area (Å²) in [5, 5.41) is 5.75. The molecule has 5 heteroatoms. The number of benzene rings is 3. The van der Waals surface area contributed by atoms with Crippen molar-refractivity contribution in [2.75, 3.05) is 17.7 Å². The van der Waals surface area contributed by atoms with Crippen LogP contribution < -0.4 is 15.4 Å². The summed E-state index contributed by atoms with van der Waals surface area (Å²) in [5.74, 6) is 0.103. The van der Waals surface area contributed by atoms with Gasteiger partial charge in [0.2, 0.25) is 0 Å². The van der Waals surface area contributed by atoms with E-state index in [2.05, 4.69) is 10.6 Å². The van der Waals surface area contributed by atoms with E-state index in [0.29, 0.717) is 22.6 Å². The second kappa shape index (κ2) is 8.61. The number of rotatable bonds is 5. The van der Waals surface area contributed by atoms with Gasteiger partial charge < -0.3 is 15.4 Å². The van der Waals surface area contributed by atoms with E-state index >= 15 is 0 Å². The average Bonchev–Trinajstić information content (AvgIpc) is 2.67. The number of nitrogens with one attached hydrogen (secondary N) is 2. The van der Waals surface area contributed by atoms with Gasteiger partial charge in [0.25, 0.3) is 11.8 Å². The van der Waals surface area contributed by atoms with Crippen LogP contribution >= 0.6 is 0 Å².